The van der Waals surface area contributed by atoms with Crippen molar-refractivity contribution in [1.29, 1.82) is 0 Å². The first-order valence-corrected chi connectivity index (χ1v) is 14.7. The standard InChI is InChI=1S/C28H37N3O7.C6H6/c1-2-35-14-15-37-17-16-36-13-12-31(30)19-25(29)20-8-10-22(11-9-20)38-28(34)24-18-23(27(32)33)26(24)21-6-4-3-5-7-21;1-2-4-6-5-3-1/h3-11,19,23-24,26H,2,12-18,29-30H2,1H3,(H,32,33);1-6H/b25-19-;/t23-,24?,26?;/m1./s1. The van der Waals surface area contributed by atoms with Gasteiger partial charge in [0.25, 0.3) is 0 Å². The van der Waals surface area contributed by atoms with Crippen molar-refractivity contribution in [2.45, 2.75) is 19.3 Å². The number of carboxylic acids is 1. The lowest BCUT2D eigenvalue weighted by Gasteiger charge is -2.40. The summed E-state index contributed by atoms with van der Waals surface area (Å²) >= 11 is 0. The van der Waals surface area contributed by atoms with Gasteiger partial charge in [-0.3, -0.25) is 9.59 Å². The molecule has 236 valence electrons. The van der Waals surface area contributed by atoms with E-state index in [1.165, 1.54) is 5.01 Å². The molecule has 3 aromatic carbocycles. The molecule has 0 aliphatic heterocycles. The second-order valence-electron chi connectivity index (χ2n) is 10.1. The zero-order chi connectivity index (χ0) is 31.6. The summed E-state index contributed by atoms with van der Waals surface area (Å²) in [7, 11) is 0. The van der Waals surface area contributed by atoms with Crippen LogP contribution in [0.5, 0.6) is 5.75 Å². The SMILES string of the molecule is CCOCCOCCOCCN(N)/C=C(\N)c1ccc(OC(=O)C2C[C@@H](C(=O)O)C2c2ccccc2)cc1.c1ccccc1. The first kappa shape index (κ1) is 34.3. The molecule has 1 saturated carbocycles. The predicted octanol–water partition coefficient (Wildman–Crippen LogP) is 4.29. The van der Waals surface area contributed by atoms with Crippen molar-refractivity contribution in [3.63, 3.8) is 0 Å². The van der Waals surface area contributed by atoms with E-state index in [1.807, 2.05) is 73.7 Å². The van der Waals surface area contributed by atoms with E-state index in [0.717, 1.165) is 5.56 Å². The van der Waals surface area contributed by atoms with Gasteiger partial charge in [0.2, 0.25) is 0 Å². The van der Waals surface area contributed by atoms with Gasteiger partial charge in [0.15, 0.2) is 0 Å². The molecule has 44 heavy (non-hydrogen) atoms. The van der Waals surface area contributed by atoms with Gasteiger partial charge in [-0.25, -0.2) is 5.84 Å². The monoisotopic (exact) mass is 605 g/mol. The Kier molecular flexibility index (Phi) is 14.9. The van der Waals surface area contributed by atoms with E-state index < -0.39 is 29.7 Å². The lowest BCUT2D eigenvalue weighted by atomic mass is 9.62. The Morgan fingerprint density at radius 1 is 0.818 bits per heavy atom. The minimum Gasteiger partial charge on any atom is -0.481 e. The quantitative estimate of drug-likeness (QED) is 0.0711. The minimum absolute atomic E-state index is 0.249. The second kappa shape index (κ2) is 19.1. The number of carboxylic acid groups (broad SMARTS) is 1. The van der Waals surface area contributed by atoms with Gasteiger partial charge >= 0.3 is 11.9 Å². The van der Waals surface area contributed by atoms with E-state index in [2.05, 4.69) is 0 Å². The fraction of sp³-hybridized carbons (Fsp3) is 0.353. The topological polar surface area (TPSA) is 147 Å². The van der Waals surface area contributed by atoms with Gasteiger partial charge in [-0.15, -0.1) is 0 Å². The summed E-state index contributed by atoms with van der Waals surface area (Å²) in [5, 5.41) is 11.0. The van der Waals surface area contributed by atoms with Crippen LogP contribution in [0.1, 0.15) is 30.4 Å². The third kappa shape index (κ3) is 11.5. The highest BCUT2D eigenvalue weighted by Gasteiger charge is 2.50. The summed E-state index contributed by atoms with van der Waals surface area (Å²) < 4.78 is 21.6. The average molecular weight is 606 g/mol. The molecule has 1 fully saturated rings. The van der Waals surface area contributed by atoms with Crippen molar-refractivity contribution in [2.75, 3.05) is 46.2 Å². The Balaban J connectivity index is 0.000000785. The summed E-state index contributed by atoms with van der Waals surface area (Å²) in [6, 6.07) is 28.0. The molecule has 10 nitrogen and oxygen atoms in total. The predicted molar refractivity (Wildman–Crippen MR) is 168 cm³/mol. The van der Waals surface area contributed by atoms with Gasteiger partial charge in [-0.1, -0.05) is 66.7 Å². The number of esters is 1. The Morgan fingerprint density at radius 3 is 1.93 bits per heavy atom. The fourth-order valence-corrected chi connectivity index (χ4v) is 4.65. The normalized spacial score (nSPS) is 17.5. The van der Waals surface area contributed by atoms with Gasteiger partial charge in [0.1, 0.15) is 5.75 Å². The van der Waals surface area contributed by atoms with Gasteiger partial charge in [0, 0.05) is 18.7 Å². The van der Waals surface area contributed by atoms with Crippen molar-refractivity contribution in [3.05, 3.63) is 108 Å². The number of rotatable bonds is 16. The van der Waals surface area contributed by atoms with Gasteiger partial charge in [0.05, 0.1) is 57.1 Å². The lowest BCUT2D eigenvalue weighted by Crippen LogP contribution is -2.45. The number of hydrogen-bond acceptors (Lipinski definition) is 9. The maximum Gasteiger partial charge on any atom is 0.315 e. The van der Waals surface area contributed by atoms with Crippen LogP contribution in [0.3, 0.4) is 0 Å². The van der Waals surface area contributed by atoms with Crippen LogP contribution >= 0.6 is 0 Å². The maximum absolute atomic E-state index is 12.8. The highest BCUT2D eigenvalue weighted by Crippen LogP contribution is 2.48. The molecule has 0 radical (unpaired) electrons. The maximum atomic E-state index is 12.8. The molecule has 2 unspecified atom stereocenters. The molecule has 5 N–H and O–H groups in total. The first-order chi connectivity index (χ1) is 21.4. The van der Waals surface area contributed by atoms with Crippen LogP contribution in [0.2, 0.25) is 0 Å². The number of hydrazine groups is 1. The lowest BCUT2D eigenvalue weighted by molar-refractivity contribution is -0.155. The Hall–Kier alpha value is -4.22. The van der Waals surface area contributed by atoms with E-state index in [-0.39, 0.29) is 6.42 Å². The molecule has 0 aromatic heterocycles. The molecule has 3 aromatic rings. The largest absolute Gasteiger partial charge is 0.481 e. The number of ether oxygens (including phenoxy) is 4. The molecule has 10 heteroatoms. The Morgan fingerprint density at radius 2 is 1.36 bits per heavy atom. The van der Waals surface area contributed by atoms with Crippen LogP contribution in [0.25, 0.3) is 5.70 Å². The molecule has 0 saturated heterocycles. The van der Waals surface area contributed by atoms with Crippen LogP contribution in [0.4, 0.5) is 0 Å². The van der Waals surface area contributed by atoms with Crippen LogP contribution in [0, 0.1) is 11.8 Å². The molecular weight excluding hydrogens is 562 g/mol. The second-order valence-corrected chi connectivity index (χ2v) is 10.1. The van der Waals surface area contributed by atoms with Crippen LogP contribution in [-0.2, 0) is 23.8 Å². The smallest absolute Gasteiger partial charge is 0.315 e. The number of nitrogens with zero attached hydrogens (tertiary/aromatic N) is 1. The zero-order valence-electron chi connectivity index (χ0n) is 25.1. The van der Waals surface area contributed by atoms with Crippen molar-refractivity contribution >= 4 is 17.6 Å². The van der Waals surface area contributed by atoms with E-state index in [4.69, 9.17) is 30.5 Å². The molecule has 0 spiro atoms. The molecule has 4 rings (SSSR count). The summed E-state index contributed by atoms with van der Waals surface area (Å²) in [6.07, 6.45) is 1.85. The number of hydrogen-bond donors (Lipinski definition) is 3. The molecular formula is C34H43N3O7. The van der Waals surface area contributed by atoms with Crippen LogP contribution < -0.4 is 16.3 Å². The van der Waals surface area contributed by atoms with Crippen molar-refractivity contribution in [2.24, 2.45) is 23.4 Å². The Bertz CT molecular complexity index is 1250. The molecule has 0 heterocycles. The van der Waals surface area contributed by atoms with Crippen LogP contribution in [0.15, 0.2) is 97.2 Å². The summed E-state index contributed by atoms with van der Waals surface area (Å²) in [5.74, 6) is 3.47. The Labute approximate surface area is 259 Å². The highest BCUT2D eigenvalue weighted by atomic mass is 16.5. The van der Waals surface area contributed by atoms with E-state index in [0.29, 0.717) is 63.2 Å². The molecule has 0 amide bonds. The van der Waals surface area contributed by atoms with E-state index >= 15 is 0 Å². The van der Waals surface area contributed by atoms with E-state index in [9.17, 15) is 14.7 Å². The zero-order valence-corrected chi connectivity index (χ0v) is 25.1. The highest BCUT2D eigenvalue weighted by molar-refractivity contribution is 5.83. The third-order valence-corrected chi connectivity index (χ3v) is 7.00. The third-order valence-electron chi connectivity index (χ3n) is 7.00. The molecule has 1 aliphatic carbocycles. The minimum atomic E-state index is -0.905. The number of aliphatic carboxylic acids is 1. The van der Waals surface area contributed by atoms with Gasteiger partial charge in [-0.05, 0) is 48.7 Å². The summed E-state index contributed by atoms with van der Waals surface area (Å²) in [6.45, 7) is 5.53. The number of carbonyl (C=O) groups excluding carboxylic acids is 1. The van der Waals surface area contributed by atoms with Crippen LogP contribution in [-0.4, -0.2) is 68.2 Å². The number of nitrogens with two attached hydrogens (primary N) is 2. The van der Waals surface area contributed by atoms with Crippen molar-refractivity contribution in [3.8, 4) is 5.75 Å². The van der Waals surface area contributed by atoms with Crippen molar-refractivity contribution in [1.82, 2.24) is 5.01 Å². The summed E-state index contributed by atoms with van der Waals surface area (Å²) in [4.78, 5) is 24.4. The van der Waals surface area contributed by atoms with Gasteiger partial charge in [-0.2, -0.15) is 0 Å². The molecule has 1 aliphatic rings. The number of benzene rings is 3. The van der Waals surface area contributed by atoms with Crippen molar-refractivity contribution < 1.29 is 33.6 Å². The molecule has 3 atom stereocenters. The first-order valence-electron chi connectivity index (χ1n) is 14.7. The van der Waals surface area contributed by atoms with Gasteiger partial charge < -0.3 is 34.8 Å². The fourth-order valence-electron chi connectivity index (χ4n) is 4.65. The molecule has 0 bridgehead atoms. The number of carbonyl (C=O) groups is 2. The average Bonchev–Trinajstić information content (AvgIpc) is 3.01. The summed E-state index contributed by atoms with van der Waals surface area (Å²) in [5.41, 5.74) is 8.14. The van der Waals surface area contributed by atoms with E-state index in [1.54, 1.807) is 30.5 Å².